The van der Waals surface area contributed by atoms with Crippen LogP contribution in [0.15, 0.2) is 72.8 Å². The molecule has 0 heterocycles. The van der Waals surface area contributed by atoms with Gasteiger partial charge < -0.3 is 10.1 Å². The van der Waals surface area contributed by atoms with E-state index in [1.165, 1.54) is 0 Å². The first-order valence-corrected chi connectivity index (χ1v) is 10.0. The standard InChI is InChI=1S/C23H19Cl2NO3/c24-13-16-5-3-8-18(11-16)22(27)26-21-10-2-1-7-20(21)15-29-23(28)19-9-4-6-17(12-19)14-25/h1-12H,13-15H2,(H,26,27). The summed E-state index contributed by atoms with van der Waals surface area (Å²) in [6, 6.07) is 21.3. The predicted molar refractivity (Wildman–Crippen MR) is 116 cm³/mol. The lowest BCUT2D eigenvalue weighted by Crippen LogP contribution is -2.14. The first-order valence-electron chi connectivity index (χ1n) is 8.97. The van der Waals surface area contributed by atoms with E-state index in [-0.39, 0.29) is 12.5 Å². The average molecular weight is 428 g/mol. The molecule has 0 radical (unpaired) electrons. The van der Waals surface area contributed by atoms with E-state index in [0.717, 1.165) is 11.1 Å². The van der Waals surface area contributed by atoms with Gasteiger partial charge >= 0.3 is 5.97 Å². The number of carbonyl (C=O) groups is 2. The Bertz CT molecular complexity index is 1020. The van der Waals surface area contributed by atoms with Crippen LogP contribution >= 0.6 is 23.2 Å². The van der Waals surface area contributed by atoms with Crippen LogP contribution in [0.3, 0.4) is 0 Å². The number of anilines is 1. The lowest BCUT2D eigenvalue weighted by atomic mass is 10.1. The zero-order chi connectivity index (χ0) is 20.6. The molecule has 0 unspecified atom stereocenters. The molecule has 3 aromatic carbocycles. The Morgan fingerprint density at radius 2 is 1.41 bits per heavy atom. The van der Waals surface area contributed by atoms with Crippen molar-refractivity contribution in [3.05, 3.63) is 101 Å². The molecule has 0 saturated heterocycles. The van der Waals surface area contributed by atoms with E-state index in [0.29, 0.717) is 34.1 Å². The van der Waals surface area contributed by atoms with Crippen LogP contribution in [-0.2, 0) is 23.1 Å². The summed E-state index contributed by atoms with van der Waals surface area (Å²) in [6.45, 7) is 0.0299. The van der Waals surface area contributed by atoms with Crippen LogP contribution in [0.4, 0.5) is 5.69 Å². The summed E-state index contributed by atoms with van der Waals surface area (Å²) in [7, 11) is 0. The van der Waals surface area contributed by atoms with E-state index < -0.39 is 5.97 Å². The Labute approximate surface area is 179 Å². The minimum Gasteiger partial charge on any atom is -0.457 e. The minimum absolute atomic E-state index is 0.0299. The minimum atomic E-state index is -0.451. The molecule has 1 N–H and O–H groups in total. The molecule has 1 amide bonds. The van der Waals surface area contributed by atoms with Gasteiger partial charge in [0.1, 0.15) is 6.61 Å². The van der Waals surface area contributed by atoms with Gasteiger partial charge in [0.2, 0.25) is 0 Å². The highest BCUT2D eigenvalue weighted by Crippen LogP contribution is 2.19. The van der Waals surface area contributed by atoms with Crippen LogP contribution in [-0.4, -0.2) is 11.9 Å². The molecule has 0 spiro atoms. The Kier molecular flexibility index (Phi) is 7.28. The molecule has 3 aromatic rings. The number of esters is 1. The number of hydrogen-bond acceptors (Lipinski definition) is 3. The third-order valence-corrected chi connectivity index (χ3v) is 4.90. The number of para-hydroxylation sites is 1. The van der Waals surface area contributed by atoms with Gasteiger partial charge in [0.25, 0.3) is 5.91 Å². The number of rotatable bonds is 7. The van der Waals surface area contributed by atoms with Gasteiger partial charge in [-0.05, 0) is 41.5 Å². The van der Waals surface area contributed by atoms with E-state index in [1.807, 2.05) is 18.2 Å². The lowest BCUT2D eigenvalue weighted by Gasteiger charge is -2.12. The largest absolute Gasteiger partial charge is 0.457 e. The van der Waals surface area contributed by atoms with Crippen molar-refractivity contribution >= 4 is 40.8 Å². The predicted octanol–water partition coefficient (Wildman–Crippen LogP) is 5.77. The second kappa shape index (κ2) is 10.1. The maximum atomic E-state index is 12.6. The third-order valence-electron chi connectivity index (χ3n) is 4.28. The number of carbonyl (C=O) groups excluding carboxylic acids is 2. The smallest absolute Gasteiger partial charge is 0.338 e. The summed E-state index contributed by atoms with van der Waals surface area (Å²) >= 11 is 11.7. The van der Waals surface area contributed by atoms with Crippen LogP contribution in [0, 0.1) is 0 Å². The molecule has 0 aliphatic carbocycles. The van der Waals surface area contributed by atoms with Crippen molar-refractivity contribution in [2.75, 3.05) is 5.32 Å². The fourth-order valence-electron chi connectivity index (χ4n) is 2.77. The molecule has 0 bridgehead atoms. The van der Waals surface area contributed by atoms with Crippen molar-refractivity contribution in [1.82, 2.24) is 0 Å². The molecule has 4 nitrogen and oxygen atoms in total. The van der Waals surface area contributed by atoms with Crippen molar-refractivity contribution < 1.29 is 14.3 Å². The van der Waals surface area contributed by atoms with Crippen molar-refractivity contribution in [3.63, 3.8) is 0 Å². The van der Waals surface area contributed by atoms with Crippen LogP contribution in [0.5, 0.6) is 0 Å². The van der Waals surface area contributed by atoms with Crippen molar-refractivity contribution in [2.24, 2.45) is 0 Å². The molecule has 0 aliphatic rings. The molecule has 0 saturated carbocycles. The number of benzene rings is 3. The summed E-state index contributed by atoms with van der Waals surface area (Å²) in [5.41, 5.74) is 3.91. The van der Waals surface area contributed by atoms with E-state index in [1.54, 1.807) is 54.6 Å². The molecular weight excluding hydrogens is 409 g/mol. The topological polar surface area (TPSA) is 55.4 Å². The summed E-state index contributed by atoms with van der Waals surface area (Å²) in [6.07, 6.45) is 0. The molecule has 148 valence electrons. The van der Waals surface area contributed by atoms with Crippen molar-refractivity contribution in [1.29, 1.82) is 0 Å². The Morgan fingerprint density at radius 3 is 2.10 bits per heavy atom. The maximum absolute atomic E-state index is 12.6. The number of hydrogen-bond donors (Lipinski definition) is 1. The zero-order valence-electron chi connectivity index (χ0n) is 15.5. The second-order valence-electron chi connectivity index (χ2n) is 6.36. The summed E-state index contributed by atoms with van der Waals surface area (Å²) in [5, 5.41) is 2.87. The number of nitrogens with one attached hydrogen (secondary N) is 1. The Morgan fingerprint density at radius 1 is 0.793 bits per heavy atom. The zero-order valence-corrected chi connectivity index (χ0v) is 17.0. The van der Waals surface area contributed by atoms with Gasteiger partial charge in [-0.25, -0.2) is 4.79 Å². The van der Waals surface area contributed by atoms with Crippen molar-refractivity contribution in [3.8, 4) is 0 Å². The summed E-state index contributed by atoms with van der Waals surface area (Å²) in [5.74, 6) is -0.0575. The van der Waals surface area contributed by atoms with E-state index in [2.05, 4.69) is 5.32 Å². The fraction of sp³-hybridized carbons (Fsp3) is 0.130. The highest BCUT2D eigenvalue weighted by atomic mass is 35.5. The average Bonchev–Trinajstić information content (AvgIpc) is 2.78. The van der Waals surface area contributed by atoms with Gasteiger partial charge in [0, 0.05) is 28.6 Å². The number of amides is 1. The molecule has 0 aromatic heterocycles. The molecule has 29 heavy (non-hydrogen) atoms. The number of ether oxygens (including phenoxy) is 1. The Hall–Kier alpha value is -2.82. The van der Waals surface area contributed by atoms with Crippen molar-refractivity contribution in [2.45, 2.75) is 18.4 Å². The van der Waals surface area contributed by atoms with Gasteiger partial charge in [-0.1, -0.05) is 42.5 Å². The van der Waals surface area contributed by atoms with Crippen LogP contribution in [0.25, 0.3) is 0 Å². The normalized spacial score (nSPS) is 10.4. The fourth-order valence-corrected chi connectivity index (χ4v) is 3.10. The highest BCUT2D eigenvalue weighted by Gasteiger charge is 2.12. The molecule has 3 rings (SSSR count). The summed E-state index contributed by atoms with van der Waals surface area (Å²) < 4.78 is 5.43. The van der Waals surface area contributed by atoms with Crippen LogP contribution < -0.4 is 5.32 Å². The maximum Gasteiger partial charge on any atom is 0.338 e. The SMILES string of the molecule is O=C(Nc1ccccc1COC(=O)c1cccc(CCl)c1)c1cccc(CCl)c1. The first-order chi connectivity index (χ1) is 14.1. The van der Waals surface area contributed by atoms with Gasteiger partial charge in [-0.2, -0.15) is 0 Å². The number of alkyl halides is 2. The molecule has 6 heteroatoms. The van der Waals surface area contributed by atoms with Gasteiger partial charge in [-0.3, -0.25) is 4.79 Å². The quantitative estimate of drug-likeness (QED) is 0.384. The van der Waals surface area contributed by atoms with Gasteiger partial charge in [0.15, 0.2) is 0 Å². The van der Waals surface area contributed by atoms with E-state index >= 15 is 0 Å². The van der Waals surface area contributed by atoms with Crippen LogP contribution in [0.2, 0.25) is 0 Å². The van der Waals surface area contributed by atoms with Crippen LogP contribution in [0.1, 0.15) is 37.4 Å². The molecule has 0 fully saturated rings. The summed E-state index contributed by atoms with van der Waals surface area (Å²) in [4.78, 5) is 24.9. The monoisotopic (exact) mass is 427 g/mol. The lowest BCUT2D eigenvalue weighted by molar-refractivity contribution is 0.0473. The van der Waals surface area contributed by atoms with E-state index in [4.69, 9.17) is 27.9 Å². The van der Waals surface area contributed by atoms with Gasteiger partial charge in [0.05, 0.1) is 5.56 Å². The highest BCUT2D eigenvalue weighted by molar-refractivity contribution is 6.17. The molecule has 0 aliphatic heterocycles. The van der Waals surface area contributed by atoms with Gasteiger partial charge in [-0.15, -0.1) is 23.2 Å². The Balaban J connectivity index is 1.70. The molecule has 0 atom stereocenters. The molecular formula is C23H19Cl2NO3. The third kappa shape index (κ3) is 5.59. The first kappa shape index (κ1) is 20.9. The second-order valence-corrected chi connectivity index (χ2v) is 6.89. The van der Waals surface area contributed by atoms with E-state index in [9.17, 15) is 9.59 Å². The number of halogens is 2.